The summed E-state index contributed by atoms with van der Waals surface area (Å²) in [5.41, 5.74) is 0.652. The molecule has 0 aliphatic heterocycles. The number of hydrogen-bond donors (Lipinski definition) is 2. The van der Waals surface area contributed by atoms with Crippen LogP contribution < -0.4 is 10.6 Å². The minimum Gasteiger partial charge on any atom is -0.338 e. The van der Waals surface area contributed by atoms with E-state index in [0.717, 1.165) is 6.42 Å². The number of nitrogens with one attached hydrogen (secondary N) is 2. The van der Waals surface area contributed by atoms with Crippen molar-refractivity contribution < 1.29 is 4.79 Å². The maximum Gasteiger partial charge on any atom is 0.319 e. The van der Waals surface area contributed by atoms with Crippen molar-refractivity contribution in [3.8, 4) is 5.82 Å². The fourth-order valence-corrected chi connectivity index (χ4v) is 1.41. The van der Waals surface area contributed by atoms with Gasteiger partial charge in [0.1, 0.15) is 0 Å². The van der Waals surface area contributed by atoms with Crippen LogP contribution in [-0.2, 0) is 0 Å². The van der Waals surface area contributed by atoms with Crippen LogP contribution in [0.4, 0.5) is 10.5 Å². The van der Waals surface area contributed by atoms with Gasteiger partial charge in [0.15, 0.2) is 5.82 Å². The molecule has 0 aromatic carbocycles. The predicted octanol–water partition coefficient (Wildman–Crippen LogP) is 1.80. The summed E-state index contributed by atoms with van der Waals surface area (Å²) in [7, 11) is 0. The van der Waals surface area contributed by atoms with Crippen LogP contribution >= 0.6 is 0 Å². The van der Waals surface area contributed by atoms with Crippen molar-refractivity contribution in [2.24, 2.45) is 0 Å². The molecule has 94 valence electrons. The Morgan fingerprint density at radius 3 is 2.94 bits per heavy atom. The third-order valence-electron chi connectivity index (χ3n) is 2.28. The van der Waals surface area contributed by atoms with Crippen LogP contribution in [0.1, 0.15) is 13.3 Å². The summed E-state index contributed by atoms with van der Waals surface area (Å²) in [4.78, 5) is 15.6. The summed E-state index contributed by atoms with van der Waals surface area (Å²) in [5.74, 6) is 0.708. The molecule has 0 spiro atoms. The molecule has 0 bridgehead atoms. The highest BCUT2D eigenvalue weighted by Crippen LogP contribution is 2.08. The molecule has 0 atom stereocenters. The number of carbonyl (C=O) groups excluding carboxylic acids is 1. The first kappa shape index (κ1) is 12.1. The number of pyridine rings is 1. The molecule has 6 nitrogen and oxygen atoms in total. The van der Waals surface area contributed by atoms with Gasteiger partial charge < -0.3 is 10.6 Å². The van der Waals surface area contributed by atoms with Crippen molar-refractivity contribution in [2.45, 2.75) is 13.3 Å². The quantitative estimate of drug-likeness (QED) is 0.862. The first-order valence-corrected chi connectivity index (χ1v) is 5.80. The van der Waals surface area contributed by atoms with E-state index in [-0.39, 0.29) is 6.03 Å². The molecule has 2 rings (SSSR count). The first-order chi connectivity index (χ1) is 8.79. The van der Waals surface area contributed by atoms with Crippen LogP contribution in [-0.4, -0.2) is 27.3 Å². The van der Waals surface area contributed by atoms with Crippen LogP contribution in [0.2, 0.25) is 0 Å². The molecule has 0 aliphatic rings. The van der Waals surface area contributed by atoms with Gasteiger partial charge in [-0.25, -0.2) is 14.5 Å². The Morgan fingerprint density at radius 1 is 1.44 bits per heavy atom. The number of urea groups is 1. The number of nitrogens with zero attached hydrogens (tertiary/aromatic N) is 3. The first-order valence-electron chi connectivity index (χ1n) is 5.80. The van der Waals surface area contributed by atoms with Gasteiger partial charge in [0, 0.05) is 18.9 Å². The normalized spacial score (nSPS) is 10.1. The largest absolute Gasteiger partial charge is 0.338 e. The smallest absolute Gasteiger partial charge is 0.319 e. The topological polar surface area (TPSA) is 71.8 Å². The highest BCUT2D eigenvalue weighted by molar-refractivity contribution is 5.88. The summed E-state index contributed by atoms with van der Waals surface area (Å²) in [6.45, 7) is 2.66. The van der Waals surface area contributed by atoms with Gasteiger partial charge in [0.25, 0.3) is 0 Å². The fraction of sp³-hybridized carbons (Fsp3) is 0.250. The molecule has 2 aromatic rings. The second-order valence-electron chi connectivity index (χ2n) is 3.74. The molecule has 6 heteroatoms. The molecule has 0 saturated heterocycles. The van der Waals surface area contributed by atoms with E-state index < -0.39 is 0 Å². The lowest BCUT2D eigenvalue weighted by molar-refractivity contribution is 0.252. The molecule has 0 saturated carbocycles. The van der Waals surface area contributed by atoms with Gasteiger partial charge in [-0.15, -0.1) is 0 Å². The zero-order valence-electron chi connectivity index (χ0n) is 10.1. The van der Waals surface area contributed by atoms with Gasteiger partial charge >= 0.3 is 6.03 Å². The molecule has 0 radical (unpaired) electrons. The van der Waals surface area contributed by atoms with E-state index in [1.54, 1.807) is 29.2 Å². The van der Waals surface area contributed by atoms with E-state index in [1.165, 1.54) is 0 Å². The lowest BCUT2D eigenvalue weighted by Crippen LogP contribution is -2.29. The lowest BCUT2D eigenvalue weighted by atomic mass is 10.4. The standard InChI is InChI=1S/C12H15N5O/c1-2-6-13-12(18)16-10-4-5-11(14-9-10)17-8-3-7-15-17/h3-5,7-9H,2,6H2,1H3,(H2,13,16,18). The van der Waals surface area contributed by atoms with Crippen molar-refractivity contribution in [1.29, 1.82) is 0 Å². The molecule has 2 heterocycles. The molecule has 0 unspecified atom stereocenters. The van der Waals surface area contributed by atoms with E-state index in [4.69, 9.17) is 0 Å². The van der Waals surface area contributed by atoms with E-state index in [0.29, 0.717) is 18.1 Å². The Balaban J connectivity index is 1.98. The zero-order valence-corrected chi connectivity index (χ0v) is 10.1. The number of hydrogen-bond acceptors (Lipinski definition) is 3. The van der Waals surface area contributed by atoms with Gasteiger partial charge in [-0.05, 0) is 24.6 Å². The number of amides is 2. The predicted molar refractivity (Wildman–Crippen MR) is 68.7 cm³/mol. The van der Waals surface area contributed by atoms with Crippen molar-refractivity contribution in [3.05, 3.63) is 36.8 Å². The van der Waals surface area contributed by atoms with Gasteiger partial charge in [-0.1, -0.05) is 6.92 Å². The second-order valence-corrected chi connectivity index (χ2v) is 3.74. The average Bonchev–Trinajstić information content (AvgIpc) is 2.91. The maximum atomic E-state index is 11.4. The van der Waals surface area contributed by atoms with E-state index >= 15 is 0 Å². The van der Waals surface area contributed by atoms with Crippen LogP contribution in [0.25, 0.3) is 5.82 Å². The number of carbonyl (C=O) groups is 1. The number of rotatable bonds is 4. The van der Waals surface area contributed by atoms with Crippen molar-refractivity contribution in [1.82, 2.24) is 20.1 Å². The summed E-state index contributed by atoms with van der Waals surface area (Å²) in [6.07, 6.45) is 6.00. The number of anilines is 1. The molecule has 0 fully saturated rings. The summed E-state index contributed by atoms with van der Waals surface area (Å²) >= 11 is 0. The fourth-order valence-electron chi connectivity index (χ4n) is 1.41. The van der Waals surface area contributed by atoms with Gasteiger partial charge in [-0.3, -0.25) is 0 Å². The highest BCUT2D eigenvalue weighted by Gasteiger charge is 2.02. The summed E-state index contributed by atoms with van der Waals surface area (Å²) < 4.78 is 1.65. The van der Waals surface area contributed by atoms with Crippen molar-refractivity contribution >= 4 is 11.7 Å². The second kappa shape index (κ2) is 5.81. The Morgan fingerprint density at radius 2 is 2.33 bits per heavy atom. The average molecular weight is 245 g/mol. The molecule has 18 heavy (non-hydrogen) atoms. The lowest BCUT2D eigenvalue weighted by Gasteiger charge is -2.07. The van der Waals surface area contributed by atoms with E-state index in [1.807, 2.05) is 19.2 Å². The van der Waals surface area contributed by atoms with Gasteiger partial charge in [0.2, 0.25) is 0 Å². The number of aromatic nitrogens is 3. The SMILES string of the molecule is CCCNC(=O)Nc1ccc(-n2cccn2)nc1. The molecule has 2 aromatic heterocycles. The van der Waals surface area contributed by atoms with E-state index in [9.17, 15) is 4.79 Å². The molecular weight excluding hydrogens is 230 g/mol. The summed E-state index contributed by atoms with van der Waals surface area (Å²) in [5, 5.41) is 9.51. The minimum atomic E-state index is -0.217. The highest BCUT2D eigenvalue weighted by atomic mass is 16.2. The van der Waals surface area contributed by atoms with Gasteiger partial charge in [-0.2, -0.15) is 5.10 Å². The van der Waals surface area contributed by atoms with Crippen molar-refractivity contribution in [3.63, 3.8) is 0 Å². The minimum absolute atomic E-state index is 0.217. The van der Waals surface area contributed by atoms with Crippen LogP contribution in [0.15, 0.2) is 36.8 Å². The van der Waals surface area contributed by atoms with Gasteiger partial charge in [0.05, 0.1) is 11.9 Å². The third kappa shape index (κ3) is 3.07. The molecular formula is C12H15N5O. The third-order valence-corrected chi connectivity index (χ3v) is 2.28. The Labute approximate surface area is 105 Å². The molecule has 0 aliphatic carbocycles. The molecule has 2 amide bonds. The summed E-state index contributed by atoms with van der Waals surface area (Å²) in [6, 6.07) is 5.19. The van der Waals surface area contributed by atoms with Crippen LogP contribution in [0, 0.1) is 0 Å². The van der Waals surface area contributed by atoms with Crippen LogP contribution in [0.5, 0.6) is 0 Å². The zero-order chi connectivity index (χ0) is 12.8. The monoisotopic (exact) mass is 245 g/mol. The van der Waals surface area contributed by atoms with Crippen molar-refractivity contribution in [2.75, 3.05) is 11.9 Å². The Hall–Kier alpha value is -2.37. The Bertz CT molecular complexity index is 492. The maximum absolute atomic E-state index is 11.4. The molecule has 2 N–H and O–H groups in total. The van der Waals surface area contributed by atoms with Crippen LogP contribution in [0.3, 0.4) is 0 Å². The Kier molecular flexibility index (Phi) is 3.90. The van der Waals surface area contributed by atoms with E-state index in [2.05, 4.69) is 20.7 Å².